The summed E-state index contributed by atoms with van der Waals surface area (Å²) in [6.45, 7) is 3.94. The zero-order valence-electron chi connectivity index (χ0n) is 10.2. The highest BCUT2D eigenvalue weighted by molar-refractivity contribution is 5.88. The summed E-state index contributed by atoms with van der Waals surface area (Å²) in [5.74, 6) is -1.96. The second-order valence-corrected chi connectivity index (χ2v) is 4.38. The molecule has 0 aliphatic heterocycles. The molecular weight excluding hydrogens is 231 g/mol. The number of aromatic carboxylic acids is 1. The molecular formula is C15H13FO2. The number of benzene rings is 2. The quantitative estimate of drug-likeness (QED) is 0.872. The number of carbonyl (C=O) groups is 1. The van der Waals surface area contributed by atoms with Crippen LogP contribution in [0.1, 0.15) is 21.5 Å². The molecule has 0 aliphatic carbocycles. The fourth-order valence-electron chi connectivity index (χ4n) is 2.01. The monoisotopic (exact) mass is 244 g/mol. The Balaban J connectivity index is 2.52. The number of hydrogen-bond acceptors (Lipinski definition) is 1. The molecule has 0 spiro atoms. The third kappa shape index (κ3) is 2.40. The summed E-state index contributed by atoms with van der Waals surface area (Å²) in [6, 6.07) is 10.1. The molecule has 0 aromatic heterocycles. The Labute approximate surface area is 105 Å². The van der Waals surface area contributed by atoms with Crippen LogP contribution in [0.4, 0.5) is 4.39 Å². The van der Waals surface area contributed by atoms with Crippen LogP contribution in [0, 0.1) is 19.7 Å². The van der Waals surface area contributed by atoms with Crippen LogP contribution in [0.2, 0.25) is 0 Å². The first-order valence-corrected chi connectivity index (χ1v) is 5.59. The lowest BCUT2D eigenvalue weighted by Crippen LogP contribution is -2.00. The molecule has 2 aromatic carbocycles. The molecule has 2 nitrogen and oxygen atoms in total. The van der Waals surface area contributed by atoms with E-state index in [0.29, 0.717) is 5.56 Å². The van der Waals surface area contributed by atoms with Gasteiger partial charge in [-0.25, -0.2) is 9.18 Å². The highest BCUT2D eigenvalue weighted by atomic mass is 19.1. The molecule has 0 bridgehead atoms. The molecule has 0 atom stereocenters. The highest BCUT2D eigenvalue weighted by Crippen LogP contribution is 2.24. The first kappa shape index (κ1) is 12.3. The van der Waals surface area contributed by atoms with E-state index in [1.165, 1.54) is 12.1 Å². The lowest BCUT2D eigenvalue weighted by molar-refractivity contribution is 0.0692. The maximum atomic E-state index is 13.6. The average Bonchev–Trinajstić information content (AvgIpc) is 2.26. The number of carboxylic acids is 1. The van der Waals surface area contributed by atoms with Gasteiger partial charge in [0.1, 0.15) is 5.82 Å². The molecule has 0 amide bonds. The molecule has 1 N–H and O–H groups in total. The Kier molecular flexibility index (Phi) is 3.15. The maximum absolute atomic E-state index is 13.6. The van der Waals surface area contributed by atoms with Crippen molar-refractivity contribution in [3.8, 4) is 11.1 Å². The van der Waals surface area contributed by atoms with Gasteiger partial charge in [0, 0.05) is 0 Å². The predicted molar refractivity (Wildman–Crippen MR) is 68.3 cm³/mol. The van der Waals surface area contributed by atoms with Crippen LogP contribution in [0.25, 0.3) is 11.1 Å². The van der Waals surface area contributed by atoms with Crippen LogP contribution >= 0.6 is 0 Å². The molecule has 2 aromatic rings. The van der Waals surface area contributed by atoms with E-state index in [2.05, 4.69) is 0 Å². The Morgan fingerprint density at radius 3 is 2.11 bits per heavy atom. The van der Waals surface area contributed by atoms with Gasteiger partial charge in [-0.15, -0.1) is 0 Å². The molecule has 0 radical (unpaired) electrons. The summed E-state index contributed by atoms with van der Waals surface area (Å²) >= 11 is 0. The minimum Gasteiger partial charge on any atom is -0.478 e. The standard InChI is InChI=1S/C15H13FO2/c1-9-5-10(2)7-12(6-9)11-3-4-13(15(17)18)14(16)8-11/h3-8H,1-2H3,(H,17,18). The van der Waals surface area contributed by atoms with Crippen molar-refractivity contribution in [3.63, 3.8) is 0 Å². The van der Waals surface area contributed by atoms with Gasteiger partial charge in [-0.3, -0.25) is 0 Å². The molecule has 2 rings (SSSR count). The smallest absolute Gasteiger partial charge is 0.338 e. The molecule has 0 heterocycles. The van der Waals surface area contributed by atoms with Crippen molar-refractivity contribution in [2.75, 3.05) is 0 Å². The Morgan fingerprint density at radius 1 is 1.00 bits per heavy atom. The Hall–Kier alpha value is -2.16. The number of hydrogen-bond donors (Lipinski definition) is 1. The van der Waals surface area contributed by atoms with E-state index in [1.807, 2.05) is 32.0 Å². The van der Waals surface area contributed by atoms with Crippen LogP contribution in [-0.2, 0) is 0 Å². The van der Waals surface area contributed by atoms with Crippen molar-refractivity contribution >= 4 is 5.97 Å². The fraction of sp³-hybridized carbons (Fsp3) is 0.133. The first-order chi connectivity index (χ1) is 8.47. The Bertz CT molecular complexity index is 598. The van der Waals surface area contributed by atoms with Crippen molar-refractivity contribution in [1.29, 1.82) is 0 Å². The van der Waals surface area contributed by atoms with Crippen molar-refractivity contribution in [2.24, 2.45) is 0 Å². The predicted octanol–water partition coefficient (Wildman–Crippen LogP) is 3.81. The van der Waals surface area contributed by atoms with Gasteiger partial charge < -0.3 is 5.11 Å². The minimum absolute atomic E-state index is 0.303. The van der Waals surface area contributed by atoms with E-state index in [0.717, 1.165) is 16.7 Å². The van der Waals surface area contributed by atoms with E-state index >= 15 is 0 Å². The van der Waals surface area contributed by atoms with Gasteiger partial charge in [-0.05, 0) is 37.1 Å². The second-order valence-electron chi connectivity index (χ2n) is 4.38. The number of rotatable bonds is 2. The number of halogens is 1. The van der Waals surface area contributed by atoms with Crippen molar-refractivity contribution < 1.29 is 14.3 Å². The molecule has 0 saturated heterocycles. The summed E-state index contributed by atoms with van der Waals surface area (Å²) in [5.41, 5.74) is 3.45. The van der Waals surface area contributed by atoms with E-state index < -0.39 is 11.8 Å². The minimum atomic E-state index is -1.25. The van der Waals surface area contributed by atoms with Crippen LogP contribution in [-0.4, -0.2) is 11.1 Å². The highest BCUT2D eigenvalue weighted by Gasteiger charge is 2.11. The van der Waals surface area contributed by atoms with Crippen LogP contribution in [0.3, 0.4) is 0 Å². The van der Waals surface area contributed by atoms with Crippen LogP contribution in [0.5, 0.6) is 0 Å². The van der Waals surface area contributed by atoms with Gasteiger partial charge in [0.15, 0.2) is 0 Å². The summed E-state index contributed by atoms with van der Waals surface area (Å²) in [5, 5.41) is 8.78. The van der Waals surface area contributed by atoms with Gasteiger partial charge in [0.25, 0.3) is 0 Å². The zero-order chi connectivity index (χ0) is 13.3. The summed E-state index contributed by atoms with van der Waals surface area (Å²) in [4.78, 5) is 10.7. The third-order valence-electron chi connectivity index (χ3n) is 2.75. The Morgan fingerprint density at radius 2 is 1.61 bits per heavy atom. The second kappa shape index (κ2) is 4.61. The van der Waals surface area contributed by atoms with Crippen LogP contribution in [0.15, 0.2) is 36.4 Å². The fourth-order valence-corrected chi connectivity index (χ4v) is 2.01. The molecule has 0 saturated carbocycles. The van der Waals surface area contributed by atoms with E-state index in [1.54, 1.807) is 6.07 Å². The summed E-state index contributed by atoms with van der Waals surface area (Å²) in [6.07, 6.45) is 0. The molecule has 92 valence electrons. The molecule has 18 heavy (non-hydrogen) atoms. The summed E-state index contributed by atoms with van der Waals surface area (Å²) in [7, 11) is 0. The lowest BCUT2D eigenvalue weighted by Gasteiger charge is -2.06. The van der Waals surface area contributed by atoms with Crippen molar-refractivity contribution in [1.82, 2.24) is 0 Å². The average molecular weight is 244 g/mol. The maximum Gasteiger partial charge on any atom is 0.338 e. The number of aryl methyl sites for hydroxylation is 2. The van der Waals surface area contributed by atoms with Gasteiger partial charge >= 0.3 is 5.97 Å². The summed E-state index contributed by atoms with van der Waals surface area (Å²) < 4.78 is 13.6. The normalized spacial score (nSPS) is 10.4. The van der Waals surface area contributed by atoms with Gasteiger partial charge in [-0.1, -0.05) is 35.4 Å². The topological polar surface area (TPSA) is 37.3 Å². The van der Waals surface area contributed by atoms with E-state index in [4.69, 9.17) is 5.11 Å². The van der Waals surface area contributed by atoms with Gasteiger partial charge in [0.05, 0.1) is 5.56 Å². The number of carboxylic acid groups (broad SMARTS) is 1. The molecule has 0 unspecified atom stereocenters. The van der Waals surface area contributed by atoms with Gasteiger partial charge in [0.2, 0.25) is 0 Å². The zero-order valence-corrected chi connectivity index (χ0v) is 10.2. The van der Waals surface area contributed by atoms with Crippen molar-refractivity contribution in [3.05, 3.63) is 58.9 Å². The largest absolute Gasteiger partial charge is 0.478 e. The van der Waals surface area contributed by atoms with Crippen LogP contribution < -0.4 is 0 Å². The molecule has 3 heteroatoms. The lowest BCUT2D eigenvalue weighted by atomic mass is 9.99. The SMILES string of the molecule is Cc1cc(C)cc(-c2ccc(C(=O)O)c(F)c2)c1. The molecule has 0 aliphatic rings. The van der Waals surface area contributed by atoms with E-state index in [-0.39, 0.29) is 5.56 Å². The van der Waals surface area contributed by atoms with Crippen molar-refractivity contribution in [2.45, 2.75) is 13.8 Å². The third-order valence-corrected chi connectivity index (χ3v) is 2.75. The van der Waals surface area contributed by atoms with E-state index in [9.17, 15) is 9.18 Å². The molecule has 0 fully saturated rings. The first-order valence-electron chi connectivity index (χ1n) is 5.59. The van der Waals surface area contributed by atoms with Gasteiger partial charge in [-0.2, -0.15) is 0 Å².